The number of aryl methyl sites for hydroxylation is 6. The van der Waals surface area contributed by atoms with Crippen molar-refractivity contribution >= 4 is 32.3 Å². The van der Waals surface area contributed by atoms with Crippen molar-refractivity contribution in [1.82, 2.24) is 43.0 Å². The van der Waals surface area contributed by atoms with Crippen LogP contribution in [0.4, 0.5) is 0 Å². The first-order chi connectivity index (χ1) is 38.4. The summed E-state index contributed by atoms with van der Waals surface area (Å²) < 4.78 is 10.8. The zero-order chi connectivity index (χ0) is 57.9. The zero-order valence-electron chi connectivity index (χ0n) is 49.4. The molecule has 1 fully saturated rings. The first kappa shape index (κ1) is 61.2. The molecule has 6 heterocycles. The van der Waals surface area contributed by atoms with E-state index in [1.54, 1.807) is 35.6 Å². The number of para-hydroxylation sites is 2. The van der Waals surface area contributed by atoms with Crippen molar-refractivity contribution in [3.05, 3.63) is 219 Å². The van der Waals surface area contributed by atoms with Crippen LogP contribution >= 0.6 is 0 Å². The number of aromatic nitrogens is 9. The van der Waals surface area contributed by atoms with Crippen LogP contribution in [-0.2, 0) is 21.1 Å². The normalized spacial score (nSPS) is 11.0. The molecule has 5 aromatic carbocycles. The molecule has 1 aliphatic carbocycles. The fraction of sp³-hybridized carbons (Fsp3) is 0.284. The van der Waals surface area contributed by atoms with Crippen molar-refractivity contribution in [3.63, 3.8) is 0 Å². The quantitative estimate of drug-likeness (QED) is 0.164. The summed E-state index contributed by atoms with van der Waals surface area (Å²) in [5, 5.41) is 17.9. The van der Waals surface area contributed by atoms with E-state index in [4.69, 9.17) is 0 Å². The molecule has 1 aliphatic rings. The molecule has 0 spiro atoms. The second kappa shape index (κ2) is 29.2. The van der Waals surface area contributed by atoms with Crippen molar-refractivity contribution in [2.75, 3.05) is 0 Å². The molecule has 12 nitrogen and oxygen atoms in total. The molecule has 0 radical (unpaired) electrons. The molecule has 0 atom stereocenters. The lowest BCUT2D eigenvalue weighted by Crippen LogP contribution is -2.21. The molecule has 0 bridgehead atoms. The average Bonchev–Trinajstić information content (AvgIpc) is 3.88. The van der Waals surface area contributed by atoms with E-state index < -0.39 is 0 Å². The number of rotatable bonds is 6. The van der Waals surface area contributed by atoms with Gasteiger partial charge in [0.05, 0.1) is 34.7 Å². The molecule has 79 heavy (non-hydrogen) atoms. The third-order valence-electron chi connectivity index (χ3n) is 12.7. The maximum absolute atomic E-state index is 13.3. The largest absolute Gasteiger partial charge is 0.309 e. The van der Waals surface area contributed by atoms with Gasteiger partial charge < -0.3 is 4.57 Å². The van der Waals surface area contributed by atoms with Gasteiger partial charge in [-0.1, -0.05) is 160 Å². The molecule has 1 saturated carbocycles. The van der Waals surface area contributed by atoms with Crippen molar-refractivity contribution < 1.29 is 0 Å². The molecular weight excluding hydrogens is 979 g/mol. The monoisotopic (exact) mass is 1060 g/mol. The van der Waals surface area contributed by atoms with Crippen LogP contribution in [0.1, 0.15) is 105 Å². The van der Waals surface area contributed by atoms with Gasteiger partial charge in [-0.05, 0) is 109 Å². The third-order valence-corrected chi connectivity index (χ3v) is 12.7. The topological polar surface area (TPSA) is 119 Å². The van der Waals surface area contributed by atoms with E-state index in [1.165, 1.54) is 0 Å². The summed E-state index contributed by atoms with van der Waals surface area (Å²) in [4.78, 5) is 39.5. The van der Waals surface area contributed by atoms with E-state index in [0.29, 0.717) is 6.04 Å². The van der Waals surface area contributed by atoms with Gasteiger partial charge in [0.2, 0.25) is 0 Å². The number of hydrogen-bond acceptors (Lipinski definition) is 6. The molecule has 0 saturated heterocycles. The van der Waals surface area contributed by atoms with E-state index >= 15 is 0 Å². The first-order valence-corrected chi connectivity index (χ1v) is 28.0. The lowest BCUT2D eigenvalue weighted by atomic mass is 10.0. The lowest BCUT2D eigenvalue weighted by Gasteiger charge is -2.13. The Balaban J connectivity index is 0.000000202. The van der Waals surface area contributed by atoms with Crippen molar-refractivity contribution in [2.45, 2.75) is 109 Å². The Labute approximate surface area is 466 Å². The maximum Gasteiger partial charge on any atom is 0.263 e. The van der Waals surface area contributed by atoms with E-state index in [9.17, 15) is 14.4 Å². The molecule has 412 valence electrons. The van der Waals surface area contributed by atoms with Gasteiger partial charge in [-0.25, -0.2) is 0 Å². The van der Waals surface area contributed by atoms with Crippen LogP contribution in [0.25, 0.3) is 77.1 Å². The summed E-state index contributed by atoms with van der Waals surface area (Å²) in [6, 6.07) is 44.0. The number of benzene rings is 5. The minimum absolute atomic E-state index is 0.00402. The summed E-state index contributed by atoms with van der Waals surface area (Å²) >= 11 is 0. The highest BCUT2D eigenvalue weighted by atomic mass is 16.1. The molecule has 0 unspecified atom stereocenters. The highest BCUT2D eigenvalue weighted by molar-refractivity contribution is 5.98. The number of hydrogen-bond donors (Lipinski definition) is 0. The smallest absolute Gasteiger partial charge is 0.263 e. The number of fused-ring (bicyclic) bond motifs is 3. The SMILES string of the molecule is CC.CC.CC.CC.CC.Cc1cc2cccc(-c3cnn(C)c3)c2c(=O)n1-c1ccccc1.Cc1cc2cccc(-c3cnn(C)c3)c2c(=O)n1-c1ccccc1.Cc1cc2cccc(-c3cnn(C)c3)c2c(=O)n1C1CC1. The zero-order valence-corrected chi connectivity index (χ0v) is 49.4. The van der Waals surface area contributed by atoms with Gasteiger partial charge in [-0.2, -0.15) is 15.3 Å². The van der Waals surface area contributed by atoms with Crippen molar-refractivity contribution in [3.8, 4) is 44.8 Å². The third kappa shape index (κ3) is 13.7. The van der Waals surface area contributed by atoms with Crippen LogP contribution in [0.5, 0.6) is 0 Å². The maximum atomic E-state index is 13.3. The highest BCUT2D eigenvalue weighted by Gasteiger charge is 2.27. The van der Waals surface area contributed by atoms with Crippen LogP contribution in [0.3, 0.4) is 0 Å². The minimum Gasteiger partial charge on any atom is -0.309 e. The lowest BCUT2D eigenvalue weighted by molar-refractivity contribution is 0.689. The molecule has 0 aliphatic heterocycles. The Kier molecular flexibility index (Phi) is 22.6. The second-order valence-corrected chi connectivity index (χ2v) is 17.7. The number of nitrogens with zero attached hydrogens (tertiary/aromatic N) is 9. The van der Waals surface area contributed by atoms with Gasteiger partial charge >= 0.3 is 0 Å². The standard InChI is InChI=1S/2C20H17N3O.C17H17N3O.5C2H6/c2*1-14-11-15-7-6-10-18(16-12-21-22(2)13-16)19(15)20(24)23(14)17-8-4-3-5-9-17;1-11-8-12-4-3-5-15(13-9-18-19(2)10-13)16(12)17(21)20(11)14-6-7-14;5*1-2/h2*3-13H,1-2H3;3-5,8-10,14H,6-7H2,1-2H3;5*1-2H3. The van der Waals surface area contributed by atoms with E-state index in [1.807, 2.05) is 256 Å². The Hall–Kier alpha value is -8.64. The van der Waals surface area contributed by atoms with Gasteiger partial charge in [0.1, 0.15) is 0 Å². The van der Waals surface area contributed by atoms with Gasteiger partial charge in [0, 0.05) is 90.9 Å². The predicted molar refractivity (Wildman–Crippen MR) is 333 cm³/mol. The average molecular weight is 1060 g/mol. The first-order valence-electron chi connectivity index (χ1n) is 28.0. The molecule has 11 aromatic rings. The minimum atomic E-state index is -0.00402. The Morgan fingerprint density at radius 3 is 0.975 bits per heavy atom. The van der Waals surface area contributed by atoms with Crippen LogP contribution in [0, 0.1) is 20.8 Å². The fourth-order valence-corrected chi connectivity index (χ4v) is 9.47. The van der Waals surface area contributed by atoms with Gasteiger partial charge in [-0.15, -0.1) is 0 Å². The Morgan fingerprint density at radius 2 is 0.684 bits per heavy atom. The van der Waals surface area contributed by atoms with Crippen LogP contribution < -0.4 is 16.7 Å². The molecule has 12 rings (SSSR count). The molecule has 0 amide bonds. The Morgan fingerprint density at radius 1 is 0.380 bits per heavy atom. The van der Waals surface area contributed by atoms with E-state index in [-0.39, 0.29) is 16.7 Å². The number of pyridine rings is 3. The fourth-order valence-electron chi connectivity index (χ4n) is 9.47. The molecule has 0 N–H and O–H groups in total. The highest BCUT2D eigenvalue weighted by Crippen LogP contribution is 2.36. The second-order valence-electron chi connectivity index (χ2n) is 17.7. The van der Waals surface area contributed by atoms with Gasteiger partial charge in [-0.3, -0.25) is 37.6 Å². The summed E-state index contributed by atoms with van der Waals surface area (Å²) in [6.45, 7) is 25.9. The van der Waals surface area contributed by atoms with Crippen LogP contribution in [0.15, 0.2) is 185 Å². The summed E-state index contributed by atoms with van der Waals surface area (Å²) in [7, 11) is 5.64. The van der Waals surface area contributed by atoms with Crippen LogP contribution in [-0.4, -0.2) is 43.0 Å². The Bertz CT molecular complexity index is 3710. The molecule has 6 aromatic heterocycles. The van der Waals surface area contributed by atoms with Crippen molar-refractivity contribution in [2.24, 2.45) is 21.1 Å². The van der Waals surface area contributed by atoms with Gasteiger partial charge in [0.25, 0.3) is 16.7 Å². The van der Waals surface area contributed by atoms with Gasteiger partial charge in [0.15, 0.2) is 0 Å². The summed E-state index contributed by atoms with van der Waals surface area (Å²) in [5.41, 5.74) is 10.5. The van der Waals surface area contributed by atoms with E-state index in [2.05, 4.69) is 33.5 Å². The summed E-state index contributed by atoms with van der Waals surface area (Å²) in [5.74, 6) is 0. The molecular formula is C67H81N9O3. The predicted octanol–water partition coefficient (Wildman–Crippen LogP) is 15.6. The van der Waals surface area contributed by atoms with Crippen molar-refractivity contribution in [1.29, 1.82) is 0 Å². The summed E-state index contributed by atoms with van der Waals surface area (Å²) in [6.07, 6.45) is 13.4. The molecule has 12 heteroatoms. The van der Waals surface area contributed by atoms with Crippen LogP contribution in [0.2, 0.25) is 0 Å². The van der Waals surface area contributed by atoms with E-state index in [0.717, 1.165) is 107 Å².